The second kappa shape index (κ2) is 8.38. The first kappa shape index (κ1) is 17.8. The molecule has 0 radical (unpaired) electrons. The molecule has 1 atom stereocenters. The summed E-state index contributed by atoms with van der Waals surface area (Å²) in [5.41, 5.74) is 0. The van der Waals surface area contributed by atoms with E-state index in [1.807, 2.05) is 24.6 Å². The Hall–Kier alpha value is -1.50. The third kappa shape index (κ3) is 4.73. The average Bonchev–Trinajstić information content (AvgIpc) is 2.87. The van der Waals surface area contributed by atoms with E-state index in [2.05, 4.69) is 52.6 Å². The van der Waals surface area contributed by atoms with Gasteiger partial charge in [0.25, 0.3) is 0 Å². The van der Waals surface area contributed by atoms with E-state index in [1.165, 1.54) is 0 Å². The summed E-state index contributed by atoms with van der Waals surface area (Å²) < 4.78 is 1.98. The molecule has 2 heterocycles. The van der Waals surface area contributed by atoms with Crippen molar-refractivity contribution in [3.05, 3.63) is 24.3 Å². The lowest BCUT2D eigenvalue weighted by atomic mass is 10.1. The van der Waals surface area contributed by atoms with Crippen molar-refractivity contribution in [2.75, 3.05) is 25.4 Å². The lowest BCUT2D eigenvalue weighted by molar-refractivity contribution is 0.381. The fraction of sp³-hybridized carbons (Fsp3) is 0.688. The first-order valence-corrected chi connectivity index (χ1v) is 9.18. The van der Waals surface area contributed by atoms with Crippen LogP contribution in [0.3, 0.4) is 0 Å². The zero-order valence-corrected chi connectivity index (χ0v) is 15.4. The van der Waals surface area contributed by atoms with Crippen LogP contribution in [0.4, 0.5) is 0 Å². The van der Waals surface area contributed by atoms with Crippen LogP contribution in [0.1, 0.15) is 25.5 Å². The molecule has 1 aliphatic rings. The van der Waals surface area contributed by atoms with Crippen LogP contribution in [0.15, 0.2) is 17.6 Å². The minimum Gasteiger partial charge on any atom is -0.353 e. The van der Waals surface area contributed by atoms with Gasteiger partial charge in [-0.25, -0.2) is 4.99 Å². The molecule has 1 saturated heterocycles. The van der Waals surface area contributed by atoms with E-state index in [4.69, 9.17) is 4.99 Å². The normalized spacial score (nSPS) is 19.3. The number of hydrogen-bond acceptors (Lipinski definition) is 4. The number of aryl methyl sites for hydroxylation is 1. The fourth-order valence-electron chi connectivity index (χ4n) is 2.44. The number of nitrogens with one attached hydrogen (secondary N) is 1. The van der Waals surface area contributed by atoms with Gasteiger partial charge < -0.3 is 14.8 Å². The first-order chi connectivity index (χ1) is 11.0. The Labute approximate surface area is 143 Å². The smallest absolute Gasteiger partial charge is 0.194 e. The number of rotatable bonds is 5. The number of guanidine groups is 1. The fourth-order valence-corrected chi connectivity index (χ4v) is 3.74. The molecule has 1 aliphatic heterocycles. The van der Waals surface area contributed by atoms with Crippen molar-refractivity contribution < 1.29 is 0 Å². The number of aromatic nitrogens is 3. The second-order valence-corrected chi connectivity index (χ2v) is 7.48. The average molecular weight is 337 g/mol. The SMILES string of the molecule is C=CCNC(=NCc1nnc(C)n1C)N1CCSC(C(C)C)C1. The van der Waals surface area contributed by atoms with E-state index >= 15 is 0 Å². The molecule has 1 N–H and O–H groups in total. The summed E-state index contributed by atoms with van der Waals surface area (Å²) in [6.45, 7) is 13.6. The van der Waals surface area contributed by atoms with Crippen molar-refractivity contribution in [1.29, 1.82) is 0 Å². The third-order valence-corrected chi connectivity index (χ3v) is 5.63. The van der Waals surface area contributed by atoms with Gasteiger partial charge in [-0.1, -0.05) is 19.9 Å². The van der Waals surface area contributed by atoms with Gasteiger partial charge in [0.2, 0.25) is 0 Å². The van der Waals surface area contributed by atoms with Crippen LogP contribution >= 0.6 is 11.8 Å². The van der Waals surface area contributed by atoms with Gasteiger partial charge in [-0.2, -0.15) is 11.8 Å². The van der Waals surface area contributed by atoms with Crippen LogP contribution in [-0.2, 0) is 13.6 Å². The molecule has 0 spiro atoms. The summed E-state index contributed by atoms with van der Waals surface area (Å²) in [5, 5.41) is 12.3. The van der Waals surface area contributed by atoms with E-state index in [9.17, 15) is 0 Å². The van der Waals surface area contributed by atoms with Gasteiger partial charge in [-0.3, -0.25) is 0 Å². The largest absolute Gasteiger partial charge is 0.353 e. The van der Waals surface area contributed by atoms with Gasteiger partial charge >= 0.3 is 0 Å². The van der Waals surface area contributed by atoms with Crippen LogP contribution in [0.5, 0.6) is 0 Å². The van der Waals surface area contributed by atoms with E-state index in [0.717, 1.165) is 36.5 Å². The van der Waals surface area contributed by atoms with Crippen LogP contribution in [-0.4, -0.2) is 56.3 Å². The molecule has 6 nitrogen and oxygen atoms in total. The molecular formula is C16H28N6S. The van der Waals surface area contributed by atoms with Crippen LogP contribution in [0.2, 0.25) is 0 Å². The van der Waals surface area contributed by atoms with E-state index in [1.54, 1.807) is 0 Å². The zero-order chi connectivity index (χ0) is 16.8. The van der Waals surface area contributed by atoms with Crippen LogP contribution in [0.25, 0.3) is 0 Å². The van der Waals surface area contributed by atoms with Crippen LogP contribution < -0.4 is 5.32 Å². The van der Waals surface area contributed by atoms with Crippen molar-refractivity contribution in [3.8, 4) is 0 Å². The summed E-state index contributed by atoms with van der Waals surface area (Å²) in [5.74, 6) is 4.54. The van der Waals surface area contributed by atoms with Gasteiger partial charge in [-0.15, -0.1) is 16.8 Å². The Balaban J connectivity index is 2.10. The summed E-state index contributed by atoms with van der Waals surface area (Å²) in [6, 6.07) is 0. The first-order valence-electron chi connectivity index (χ1n) is 8.13. The van der Waals surface area contributed by atoms with Crippen molar-refractivity contribution in [2.45, 2.75) is 32.6 Å². The van der Waals surface area contributed by atoms with E-state index < -0.39 is 0 Å². The van der Waals surface area contributed by atoms with Gasteiger partial charge in [0.1, 0.15) is 12.4 Å². The van der Waals surface area contributed by atoms with Crippen molar-refractivity contribution >= 4 is 17.7 Å². The predicted molar refractivity (Wildman–Crippen MR) is 97.7 cm³/mol. The Morgan fingerprint density at radius 2 is 2.30 bits per heavy atom. The highest BCUT2D eigenvalue weighted by atomic mass is 32.2. The van der Waals surface area contributed by atoms with Crippen LogP contribution in [0, 0.1) is 12.8 Å². The molecule has 0 amide bonds. The minimum absolute atomic E-state index is 0.535. The lowest BCUT2D eigenvalue weighted by Gasteiger charge is -2.36. The van der Waals surface area contributed by atoms with Crippen molar-refractivity contribution in [2.24, 2.45) is 18.0 Å². The minimum atomic E-state index is 0.535. The Bertz CT molecular complexity index is 551. The molecule has 23 heavy (non-hydrogen) atoms. The maximum atomic E-state index is 4.77. The molecule has 0 aliphatic carbocycles. The van der Waals surface area contributed by atoms with Gasteiger partial charge in [0, 0.05) is 37.7 Å². The molecule has 1 aromatic heterocycles. The van der Waals surface area contributed by atoms with E-state index in [-0.39, 0.29) is 0 Å². The number of thioether (sulfide) groups is 1. The Morgan fingerprint density at radius 3 is 2.91 bits per heavy atom. The molecule has 0 saturated carbocycles. The molecule has 7 heteroatoms. The highest BCUT2D eigenvalue weighted by Gasteiger charge is 2.25. The maximum Gasteiger partial charge on any atom is 0.194 e. The number of nitrogens with zero attached hydrogens (tertiary/aromatic N) is 5. The highest BCUT2D eigenvalue weighted by molar-refractivity contribution is 8.00. The third-order valence-electron chi connectivity index (χ3n) is 4.09. The lowest BCUT2D eigenvalue weighted by Crippen LogP contribution is -2.49. The molecule has 2 rings (SSSR count). The number of hydrogen-bond donors (Lipinski definition) is 1. The van der Waals surface area contributed by atoms with Crippen molar-refractivity contribution in [3.63, 3.8) is 0 Å². The summed E-state index contributed by atoms with van der Waals surface area (Å²) >= 11 is 2.07. The molecule has 1 aromatic rings. The Kier molecular flexibility index (Phi) is 6.50. The summed E-state index contributed by atoms with van der Waals surface area (Å²) in [7, 11) is 1.98. The monoisotopic (exact) mass is 336 g/mol. The maximum absolute atomic E-state index is 4.77. The summed E-state index contributed by atoms with van der Waals surface area (Å²) in [6.07, 6.45) is 1.86. The van der Waals surface area contributed by atoms with Gasteiger partial charge in [0.05, 0.1) is 0 Å². The molecule has 128 valence electrons. The standard InChI is InChI=1S/C16H28N6S/c1-6-7-17-16(18-10-15-20-19-13(4)21(15)5)22-8-9-23-14(11-22)12(2)3/h6,12,14H,1,7-11H2,2-5H3,(H,17,18). The quantitative estimate of drug-likeness (QED) is 0.505. The predicted octanol–water partition coefficient (Wildman–Crippen LogP) is 1.83. The molecule has 0 aromatic carbocycles. The summed E-state index contributed by atoms with van der Waals surface area (Å²) in [4.78, 5) is 7.13. The Morgan fingerprint density at radius 1 is 1.52 bits per heavy atom. The zero-order valence-electron chi connectivity index (χ0n) is 14.6. The molecule has 1 fully saturated rings. The molecule has 1 unspecified atom stereocenters. The van der Waals surface area contributed by atoms with Gasteiger partial charge in [-0.05, 0) is 12.8 Å². The van der Waals surface area contributed by atoms with E-state index in [0.29, 0.717) is 24.3 Å². The molecule has 0 bridgehead atoms. The van der Waals surface area contributed by atoms with Crippen molar-refractivity contribution in [1.82, 2.24) is 25.0 Å². The second-order valence-electron chi connectivity index (χ2n) is 6.13. The number of aliphatic imine (C=N–C) groups is 1. The topological polar surface area (TPSA) is 58.3 Å². The highest BCUT2D eigenvalue weighted by Crippen LogP contribution is 2.24. The van der Waals surface area contributed by atoms with Gasteiger partial charge in [0.15, 0.2) is 11.8 Å². The molecular weight excluding hydrogens is 308 g/mol.